The Morgan fingerprint density at radius 1 is 1.30 bits per heavy atom. The predicted octanol–water partition coefficient (Wildman–Crippen LogP) is 2.22. The summed E-state index contributed by atoms with van der Waals surface area (Å²) in [6, 6.07) is 0. The molecule has 0 aromatic heterocycles. The van der Waals surface area contributed by atoms with Crippen LogP contribution in [0, 0.1) is 11.8 Å². The molecule has 1 aliphatic carbocycles. The van der Waals surface area contributed by atoms with E-state index in [0.29, 0.717) is 12.5 Å². The van der Waals surface area contributed by atoms with Gasteiger partial charge in [-0.25, -0.2) is 0 Å². The van der Waals surface area contributed by atoms with Crippen molar-refractivity contribution in [3.63, 3.8) is 0 Å². The van der Waals surface area contributed by atoms with E-state index in [9.17, 15) is 0 Å². The first-order valence-electron chi connectivity index (χ1n) is 4.03. The summed E-state index contributed by atoms with van der Waals surface area (Å²) in [4.78, 5) is 0. The third-order valence-electron chi connectivity index (χ3n) is 2.37. The second-order valence-corrected chi connectivity index (χ2v) is 4.12. The van der Waals surface area contributed by atoms with Gasteiger partial charge in [-0.15, -0.1) is 0 Å². The molecule has 0 bridgehead atoms. The SMILES string of the molecule is OCC1CCCC(CI)C1. The molecule has 0 saturated heterocycles. The molecule has 0 amide bonds. The third kappa shape index (κ3) is 2.38. The van der Waals surface area contributed by atoms with Crippen LogP contribution in [0.15, 0.2) is 0 Å². The molecule has 1 rings (SSSR count). The number of alkyl halides is 1. The number of aliphatic hydroxyl groups is 1. The lowest BCUT2D eigenvalue weighted by Gasteiger charge is -2.26. The molecule has 2 atom stereocenters. The number of aliphatic hydroxyl groups excluding tert-OH is 1. The van der Waals surface area contributed by atoms with Crippen LogP contribution < -0.4 is 0 Å². The van der Waals surface area contributed by atoms with Crippen LogP contribution in [-0.4, -0.2) is 16.1 Å². The molecule has 0 heterocycles. The second-order valence-electron chi connectivity index (χ2n) is 3.24. The fourth-order valence-corrected chi connectivity index (χ4v) is 2.51. The summed E-state index contributed by atoms with van der Waals surface area (Å²) in [6.45, 7) is 0.410. The lowest BCUT2D eigenvalue weighted by atomic mass is 9.83. The van der Waals surface area contributed by atoms with E-state index in [0.717, 1.165) is 5.92 Å². The lowest BCUT2D eigenvalue weighted by Crippen LogP contribution is -2.18. The summed E-state index contributed by atoms with van der Waals surface area (Å²) in [5.41, 5.74) is 0. The van der Waals surface area contributed by atoms with Crippen molar-refractivity contribution >= 4 is 22.6 Å². The van der Waals surface area contributed by atoms with E-state index in [1.54, 1.807) is 0 Å². The number of halogens is 1. The van der Waals surface area contributed by atoms with Gasteiger partial charge in [-0.3, -0.25) is 0 Å². The Morgan fingerprint density at radius 2 is 2.00 bits per heavy atom. The van der Waals surface area contributed by atoms with Gasteiger partial charge in [0.05, 0.1) is 0 Å². The molecule has 10 heavy (non-hydrogen) atoms. The van der Waals surface area contributed by atoms with Crippen LogP contribution >= 0.6 is 22.6 Å². The summed E-state index contributed by atoms with van der Waals surface area (Å²) < 4.78 is 1.27. The van der Waals surface area contributed by atoms with Gasteiger partial charge in [-0.1, -0.05) is 29.0 Å². The molecule has 1 nitrogen and oxygen atoms in total. The average Bonchev–Trinajstić information content (AvgIpc) is 2.05. The molecule has 0 aliphatic heterocycles. The molecule has 0 aromatic carbocycles. The molecule has 60 valence electrons. The summed E-state index contributed by atoms with van der Waals surface area (Å²) in [6.07, 6.45) is 5.24. The van der Waals surface area contributed by atoms with Crippen LogP contribution in [-0.2, 0) is 0 Å². The van der Waals surface area contributed by atoms with Crippen molar-refractivity contribution in [2.75, 3.05) is 11.0 Å². The Morgan fingerprint density at radius 3 is 2.60 bits per heavy atom. The van der Waals surface area contributed by atoms with Gasteiger partial charge in [0.2, 0.25) is 0 Å². The molecular formula is C8H15IO. The first kappa shape index (κ1) is 8.78. The molecule has 1 saturated carbocycles. The molecule has 1 N–H and O–H groups in total. The van der Waals surface area contributed by atoms with E-state index >= 15 is 0 Å². The highest BCUT2D eigenvalue weighted by Gasteiger charge is 2.19. The largest absolute Gasteiger partial charge is 0.396 e. The average molecular weight is 254 g/mol. The summed E-state index contributed by atoms with van der Waals surface area (Å²) >= 11 is 2.45. The van der Waals surface area contributed by atoms with E-state index in [1.165, 1.54) is 30.1 Å². The molecule has 2 heteroatoms. The van der Waals surface area contributed by atoms with Gasteiger partial charge in [-0.2, -0.15) is 0 Å². The van der Waals surface area contributed by atoms with E-state index in [-0.39, 0.29) is 0 Å². The first-order chi connectivity index (χ1) is 4.86. The monoisotopic (exact) mass is 254 g/mol. The zero-order chi connectivity index (χ0) is 7.40. The maximum atomic E-state index is 8.90. The van der Waals surface area contributed by atoms with Gasteiger partial charge in [-0.05, 0) is 31.1 Å². The minimum atomic E-state index is 0.410. The topological polar surface area (TPSA) is 20.2 Å². The van der Waals surface area contributed by atoms with Gasteiger partial charge in [0, 0.05) is 11.0 Å². The molecule has 1 aliphatic rings. The van der Waals surface area contributed by atoms with Crippen molar-refractivity contribution in [1.82, 2.24) is 0 Å². The van der Waals surface area contributed by atoms with Crippen LogP contribution in [0.3, 0.4) is 0 Å². The Labute approximate surface area is 76.3 Å². The Hall–Kier alpha value is 0.690. The summed E-state index contributed by atoms with van der Waals surface area (Å²) in [7, 11) is 0. The Kier molecular flexibility index (Phi) is 3.99. The van der Waals surface area contributed by atoms with Gasteiger partial charge >= 0.3 is 0 Å². The van der Waals surface area contributed by atoms with E-state index < -0.39 is 0 Å². The predicted molar refractivity (Wildman–Crippen MR) is 51.4 cm³/mol. The van der Waals surface area contributed by atoms with Crippen LogP contribution in [0.2, 0.25) is 0 Å². The smallest absolute Gasteiger partial charge is 0.0459 e. The van der Waals surface area contributed by atoms with Gasteiger partial charge < -0.3 is 5.11 Å². The minimum absolute atomic E-state index is 0.410. The van der Waals surface area contributed by atoms with Crippen LogP contribution in [0.25, 0.3) is 0 Å². The summed E-state index contributed by atoms with van der Waals surface area (Å²) in [5, 5.41) is 8.90. The highest BCUT2D eigenvalue weighted by atomic mass is 127. The number of hydrogen-bond acceptors (Lipinski definition) is 1. The fraction of sp³-hybridized carbons (Fsp3) is 1.00. The van der Waals surface area contributed by atoms with E-state index in [4.69, 9.17) is 5.11 Å². The van der Waals surface area contributed by atoms with Crippen molar-refractivity contribution in [3.8, 4) is 0 Å². The van der Waals surface area contributed by atoms with Crippen molar-refractivity contribution in [1.29, 1.82) is 0 Å². The van der Waals surface area contributed by atoms with Crippen molar-refractivity contribution in [2.24, 2.45) is 11.8 Å². The quantitative estimate of drug-likeness (QED) is 0.591. The number of rotatable bonds is 2. The van der Waals surface area contributed by atoms with Crippen LogP contribution in [0.1, 0.15) is 25.7 Å². The zero-order valence-electron chi connectivity index (χ0n) is 6.22. The maximum absolute atomic E-state index is 8.90. The normalized spacial score (nSPS) is 34.2. The molecule has 0 aromatic rings. The van der Waals surface area contributed by atoms with Crippen LogP contribution in [0.4, 0.5) is 0 Å². The number of hydrogen-bond donors (Lipinski definition) is 1. The lowest BCUT2D eigenvalue weighted by molar-refractivity contribution is 0.168. The van der Waals surface area contributed by atoms with Gasteiger partial charge in [0.1, 0.15) is 0 Å². The molecule has 1 fully saturated rings. The molecule has 0 spiro atoms. The Bertz CT molecular complexity index is 85.3. The highest BCUT2D eigenvalue weighted by Crippen LogP contribution is 2.29. The van der Waals surface area contributed by atoms with Gasteiger partial charge in [0.15, 0.2) is 0 Å². The van der Waals surface area contributed by atoms with Crippen molar-refractivity contribution in [2.45, 2.75) is 25.7 Å². The van der Waals surface area contributed by atoms with Crippen molar-refractivity contribution in [3.05, 3.63) is 0 Å². The standard InChI is InChI=1S/C8H15IO/c9-5-7-2-1-3-8(4-7)6-10/h7-8,10H,1-6H2. The van der Waals surface area contributed by atoms with Gasteiger partial charge in [0.25, 0.3) is 0 Å². The first-order valence-corrected chi connectivity index (χ1v) is 5.56. The summed E-state index contributed by atoms with van der Waals surface area (Å²) in [5.74, 6) is 1.51. The Balaban J connectivity index is 2.25. The van der Waals surface area contributed by atoms with E-state index in [1.807, 2.05) is 0 Å². The van der Waals surface area contributed by atoms with Crippen molar-refractivity contribution < 1.29 is 5.11 Å². The molecular weight excluding hydrogens is 239 g/mol. The third-order valence-corrected chi connectivity index (χ3v) is 3.61. The molecule has 2 unspecified atom stereocenters. The van der Waals surface area contributed by atoms with E-state index in [2.05, 4.69) is 22.6 Å². The second kappa shape index (κ2) is 4.54. The minimum Gasteiger partial charge on any atom is -0.396 e. The highest BCUT2D eigenvalue weighted by molar-refractivity contribution is 14.1. The molecule has 0 radical (unpaired) electrons. The maximum Gasteiger partial charge on any atom is 0.0459 e. The van der Waals surface area contributed by atoms with Crippen LogP contribution in [0.5, 0.6) is 0 Å². The fourth-order valence-electron chi connectivity index (χ4n) is 1.71. The zero-order valence-corrected chi connectivity index (χ0v) is 8.38.